The lowest BCUT2D eigenvalue weighted by Gasteiger charge is -2.17. The smallest absolute Gasteiger partial charge is 0.151 e. The molecule has 0 amide bonds. The molecule has 0 bridgehead atoms. The van der Waals surface area contributed by atoms with Crippen LogP contribution >= 0.6 is 0 Å². The molecule has 2 heterocycles. The highest BCUT2D eigenvalue weighted by Gasteiger charge is 2.08. The summed E-state index contributed by atoms with van der Waals surface area (Å²) >= 11 is 0. The number of rotatable bonds is 6. The molecule has 102 valence electrons. The van der Waals surface area contributed by atoms with Gasteiger partial charge in [0.1, 0.15) is 5.76 Å². The molecule has 0 aliphatic heterocycles. The number of nitrogens with zero attached hydrogens (tertiary/aromatic N) is 3. The molecule has 5 nitrogen and oxygen atoms in total. The Kier molecular flexibility index (Phi) is 4.52. The average molecular weight is 260 g/mol. The fraction of sp³-hybridized carbons (Fsp3) is 0.429. The van der Waals surface area contributed by atoms with E-state index in [-0.39, 0.29) is 0 Å². The Hall–Kier alpha value is -1.88. The van der Waals surface area contributed by atoms with Crippen LogP contribution < -0.4 is 10.2 Å². The number of aryl methyl sites for hydroxylation is 1. The van der Waals surface area contributed by atoms with E-state index in [0.29, 0.717) is 0 Å². The monoisotopic (exact) mass is 260 g/mol. The maximum atomic E-state index is 5.29. The van der Waals surface area contributed by atoms with Crippen molar-refractivity contribution < 1.29 is 4.42 Å². The first-order chi connectivity index (χ1) is 9.20. The van der Waals surface area contributed by atoms with Crippen LogP contribution in [0.15, 0.2) is 28.9 Å². The van der Waals surface area contributed by atoms with Crippen LogP contribution in [0.5, 0.6) is 0 Å². The van der Waals surface area contributed by atoms with E-state index in [1.807, 2.05) is 32.2 Å². The van der Waals surface area contributed by atoms with Gasteiger partial charge in [0.15, 0.2) is 5.82 Å². The second kappa shape index (κ2) is 6.33. The fourth-order valence-corrected chi connectivity index (χ4v) is 1.82. The molecule has 0 aliphatic rings. The molecule has 0 spiro atoms. The Bertz CT molecular complexity index is 506. The first-order valence-corrected chi connectivity index (χ1v) is 6.48. The molecule has 0 aliphatic carbocycles. The molecule has 0 fully saturated rings. The molecule has 5 heteroatoms. The molecule has 0 radical (unpaired) electrons. The molecular formula is C14H20N4O. The SMILES string of the molecule is CCNCc1ccc(N(C)Cc2ccoc2C)nn1. The predicted octanol–water partition coefficient (Wildman–Crippen LogP) is 2.12. The largest absolute Gasteiger partial charge is 0.469 e. The molecule has 0 saturated carbocycles. The summed E-state index contributed by atoms with van der Waals surface area (Å²) in [6.45, 7) is 6.50. The maximum absolute atomic E-state index is 5.29. The maximum Gasteiger partial charge on any atom is 0.151 e. The second-order valence-electron chi connectivity index (χ2n) is 4.52. The first-order valence-electron chi connectivity index (χ1n) is 6.48. The van der Waals surface area contributed by atoms with E-state index in [2.05, 4.69) is 27.3 Å². The predicted molar refractivity (Wildman–Crippen MR) is 75.0 cm³/mol. The third-order valence-corrected chi connectivity index (χ3v) is 3.03. The lowest BCUT2D eigenvalue weighted by atomic mass is 10.2. The molecule has 19 heavy (non-hydrogen) atoms. The Morgan fingerprint density at radius 1 is 1.26 bits per heavy atom. The van der Waals surface area contributed by atoms with Gasteiger partial charge in [-0.25, -0.2) is 0 Å². The zero-order valence-corrected chi connectivity index (χ0v) is 11.7. The van der Waals surface area contributed by atoms with Gasteiger partial charge in [0.2, 0.25) is 0 Å². The molecule has 0 saturated heterocycles. The highest BCUT2D eigenvalue weighted by molar-refractivity contribution is 5.37. The van der Waals surface area contributed by atoms with Gasteiger partial charge in [-0.3, -0.25) is 0 Å². The van der Waals surface area contributed by atoms with E-state index in [1.54, 1.807) is 6.26 Å². The van der Waals surface area contributed by atoms with Crippen LogP contribution in [0.3, 0.4) is 0 Å². The lowest BCUT2D eigenvalue weighted by Crippen LogP contribution is -2.19. The van der Waals surface area contributed by atoms with E-state index in [9.17, 15) is 0 Å². The number of nitrogens with one attached hydrogen (secondary N) is 1. The lowest BCUT2D eigenvalue weighted by molar-refractivity contribution is 0.529. The minimum absolute atomic E-state index is 0.758. The molecule has 2 aromatic heterocycles. The summed E-state index contributed by atoms with van der Waals surface area (Å²) in [6, 6.07) is 5.98. The van der Waals surface area contributed by atoms with Crippen LogP contribution in [-0.2, 0) is 13.1 Å². The average Bonchev–Trinajstić information content (AvgIpc) is 2.82. The van der Waals surface area contributed by atoms with Gasteiger partial charge in [0, 0.05) is 25.7 Å². The Balaban J connectivity index is 1.99. The minimum Gasteiger partial charge on any atom is -0.469 e. The number of furan rings is 1. The third kappa shape index (κ3) is 3.54. The van der Waals surface area contributed by atoms with Crippen LogP contribution in [-0.4, -0.2) is 23.8 Å². The van der Waals surface area contributed by atoms with E-state index in [0.717, 1.165) is 36.9 Å². The van der Waals surface area contributed by atoms with Gasteiger partial charge in [-0.1, -0.05) is 6.92 Å². The van der Waals surface area contributed by atoms with E-state index in [4.69, 9.17) is 4.42 Å². The number of hydrogen-bond acceptors (Lipinski definition) is 5. The van der Waals surface area contributed by atoms with Crippen molar-refractivity contribution in [2.24, 2.45) is 0 Å². The van der Waals surface area contributed by atoms with E-state index in [1.165, 1.54) is 5.56 Å². The van der Waals surface area contributed by atoms with Crippen molar-refractivity contribution in [2.75, 3.05) is 18.5 Å². The minimum atomic E-state index is 0.758. The van der Waals surface area contributed by atoms with Crippen molar-refractivity contribution in [3.05, 3.63) is 41.5 Å². The fourth-order valence-electron chi connectivity index (χ4n) is 1.82. The molecule has 2 rings (SSSR count). The molecule has 2 aromatic rings. The summed E-state index contributed by atoms with van der Waals surface area (Å²) in [5.74, 6) is 1.81. The Morgan fingerprint density at radius 2 is 2.11 bits per heavy atom. The van der Waals surface area contributed by atoms with Crippen LogP contribution in [0.25, 0.3) is 0 Å². The molecular weight excluding hydrogens is 240 g/mol. The normalized spacial score (nSPS) is 10.7. The van der Waals surface area contributed by atoms with Crippen LogP contribution in [0.4, 0.5) is 5.82 Å². The molecule has 1 N–H and O–H groups in total. The Morgan fingerprint density at radius 3 is 2.68 bits per heavy atom. The van der Waals surface area contributed by atoms with Crippen LogP contribution in [0.2, 0.25) is 0 Å². The van der Waals surface area contributed by atoms with Crippen LogP contribution in [0, 0.1) is 6.92 Å². The quantitative estimate of drug-likeness (QED) is 0.862. The zero-order chi connectivity index (χ0) is 13.7. The van der Waals surface area contributed by atoms with Gasteiger partial charge in [0.25, 0.3) is 0 Å². The molecule has 0 unspecified atom stereocenters. The van der Waals surface area contributed by atoms with Crippen molar-refractivity contribution in [2.45, 2.75) is 26.9 Å². The van der Waals surface area contributed by atoms with Crippen LogP contribution in [0.1, 0.15) is 23.9 Å². The highest BCUT2D eigenvalue weighted by atomic mass is 16.3. The summed E-state index contributed by atoms with van der Waals surface area (Å²) in [6.07, 6.45) is 1.71. The van der Waals surface area contributed by atoms with Crippen molar-refractivity contribution >= 4 is 5.82 Å². The molecule has 0 atom stereocenters. The van der Waals surface area contributed by atoms with Crippen molar-refractivity contribution in [3.8, 4) is 0 Å². The van der Waals surface area contributed by atoms with Gasteiger partial charge in [-0.05, 0) is 31.7 Å². The summed E-state index contributed by atoms with van der Waals surface area (Å²) in [4.78, 5) is 2.06. The summed E-state index contributed by atoms with van der Waals surface area (Å²) in [7, 11) is 2.00. The summed E-state index contributed by atoms with van der Waals surface area (Å²) < 4.78 is 5.29. The molecule has 0 aromatic carbocycles. The van der Waals surface area contributed by atoms with E-state index >= 15 is 0 Å². The van der Waals surface area contributed by atoms with Crippen molar-refractivity contribution in [1.82, 2.24) is 15.5 Å². The second-order valence-corrected chi connectivity index (χ2v) is 4.52. The van der Waals surface area contributed by atoms with Gasteiger partial charge < -0.3 is 14.6 Å². The summed E-state index contributed by atoms with van der Waals surface area (Å²) in [5.41, 5.74) is 2.12. The topological polar surface area (TPSA) is 54.2 Å². The van der Waals surface area contributed by atoms with Gasteiger partial charge >= 0.3 is 0 Å². The van der Waals surface area contributed by atoms with E-state index < -0.39 is 0 Å². The zero-order valence-electron chi connectivity index (χ0n) is 11.7. The third-order valence-electron chi connectivity index (χ3n) is 3.03. The number of aromatic nitrogens is 2. The number of anilines is 1. The van der Waals surface area contributed by atoms with Crippen molar-refractivity contribution in [1.29, 1.82) is 0 Å². The highest BCUT2D eigenvalue weighted by Crippen LogP contribution is 2.15. The Labute approximate surface area is 113 Å². The number of hydrogen-bond donors (Lipinski definition) is 1. The van der Waals surface area contributed by atoms with Gasteiger partial charge in [-0.2, -0.15) is 5.10 Å². The van der Waals surface area contributed by atoms with Gasteiger partial charge in [0.05, 0.1) is 12.0 Å². The standard InChI is InChI=1S/C14H20N4O/c1-4-15-9-13-5-6-14(17-16-13)18(3)10-12-7-8-19-11(12)2/h5-8,15H,4,9-10H2,1-3H3. The summed E-state index contributed by atoms with van der Waals surface area (Å²) in [5, 5.41) is 11.7. The van der Waals surface area contributed by atoms with Gasteiger partial charge in [-0.15, -0.1) is 5.10 Å². The van der Waals surface area contributed by atoms with Crippen molar-refractivity contribution in [3.63, 3.8) is 0 Å². The first kappa shape index (κ1) is 13.5.